The van der Waals surface area contributed by atoms with Crippen LogP contribution in [0.5, 0.6) is 0 Å². The Balaban J connectivity index is 2.45. The van der Waals surface area contributed by atoms with Crippen LogP contribution >= 0.6 is 11.8 Å². The molecule has 6 nitrogen and oxygen atoms in total. The number of aliphatic carboxylic acids is 1. The number of amides is 1. The Morgan fingerprint density at radius 2 is 1.90 bits per heavy atom. The summed E-state index contributed by atoms with van der Waals surface area (Å²) in [7, 11) is 0. The highest BCUT2D eigenvalue weighted by molar-refractivity contribution is 7.99. The van der Waals surface area contributed by atoms with Crippen molar-refractivity contribution >= 4 is 29.6 Å². The zero-order valence-corrected chi connectivity index (χ0v) is 11.5. The van der Waals surface area contributed by atoms with Gasteiger partial charge in [0.15, 0.2) is 0 Å². The van der Waals surface area contributed by atoms with Crippen LogP contribution in [0.3, 0.4) is 0 Å². The first kappa shape index (κ1) is 14.4. The SMILES string of the molecule is CC(=O)N1C(C(=O)O)CSC1c1ccccc1C(=O)O. The maximum Gasteiger partial charge on any atom is 0.336 e. The molecule has 20 heavy (non-hydrogen) atoms. The predicted octanol–water partition coefficient (Wildman–Crippen LogP) is 1.43. The first-order chi connectivity index (χ1) is 9.43. The van der Waals surface area contributed by atoms with Gasteiger partial charge in [0, 0.05) is 12.7 Å². The highest BCUT2D eigenvalue weighted by Crippen LogP contribution is 2.42. The van der Waals surface area contributed by atoms with E-state index in [0.29, 0.717) is 5.56 Å². The standard InChI is InChI=1S/C13H13NO5S/c1-7(15)14-10(13(18)19)6-20-11(14)8-4-2-3-5-9(8)12(16)17/h2-5,10-11H,6H2,1H3,(H,16,17)(H,18,19). The molecule has 1 amide bonds. The Morgan fingerprint density at radius 3 is 2.45 bits per heavy atom. The van der Waals surface area contributed by atoms with E-state index in [1.807, 2.05) is 0 Å². The van der Waals surface area contributed by atoms with E-state index in [-0.39, 0.29) is 17.2 Å². The van der Waals surface area contributed by atoms with E-state index in [1.54, 1.807) is 18.2 Å². The van der Waals surface area contributed by atoms with Gasteiger partial charge < -0.3 is 15.1 Å². The molecule has 0 aromatic heterocycles. The lowest BCUT2D eigenvalue weighted by atomic mass is 10.1. The first-order valence-corrected chi connectivity index (χ1v) is 6.94. The van der Waals surface area contributed by atoms with E-state index in [0.717, 1.165) is 0 Å². The smallest absolute Gasteiger partial charge is 0.336 e. The van der Waals surface area contributed by atoms with Crippen molar-refractivity contribution in [3.63, 3.8) is 0 Å². The van der Waals surface area contributed by atoms with Crippen molar-refractivity contribution in [2.75, 3.05) is 5.75 Å². The van der Waals surface area contributed by atoms with Crippen LogP contribution in [0.25, 0.3) is 0 Å². The summed E-state index contributed by atoms with van der Waals surface area (Å²) in [6.45, 7) is 1.29. The second kappa shape index (κ2) is 5.54. The molecule has 2 N–H and O–H groups in total. The molecule has 0 spiro atoms. The molecule has 1 fully saturated rings. The molecule has 2 atom stereocenters. The molecule has 1 saturated heterocycles. The number of carbonyl (C=O) groups excluding carboxylic acids is 1. The third-order valence-corrected chi connectivity index (χ3v) is 4.41. The Kier molecular flexibility index (Phi) is 3.99. The number of rotatable bonds is 3. The third-order valence-electron chi connectivity index (χ3n) is 3.11. The van der Waals surface area contributed by atoms with E-state index in [1.165, 1.54) is 29.7 Å². The monoisotopic (exact) mass is 295 g/mol. The highest BCUT2D eigenvalue weighted by Gasteiger charge is 2.42. The summed E-state index contributed by atoms with van der Waals surface area (Å²) in [5.74, 6) is -2.31. The molecule has 1 heterocycles. The van der Waals surface area contributed by atoms with Crippen molar-refractivity contribution in [1.29, 1.82) is 0 Å². The minimum Gasteiger partial charge on any atom is -0.480 e. The van der Waals surface area contributed by atoms with Gasteiger partial charge >= 0.3 is 11.9 Å². The first-order valence-electron chi connectivity index (χ1n) is 5.89. The fourth-order valence-corrected chi connectivity index (χ4v) is 3.74. The third kappa shape index (κ3) is 2.49. The molecule has 2 rings (SSSR count). The average Bonchev–Trinajstić information content (AvgIpc) is 2.83. The van der Waals surface area contributed by atoms with Crippen LogP contribution in [0.4, 0.5) is 0 Å². The van der Waals surface area contributed by atoms with Crippen molar-refractivity contribution in [3.05, 3.63) is 35.4 Å². The lowest BCUT2D eigenvalue weighted by molar-refractivity contribution is -0.148. The fourth-order valence-electron chi connectivity index (χ4n) is 2.23. The molecule has 7 heteroatoms. The molecule has 0 aliphatic carbocycles. The molecule has 1 aromatic rings. The Labute approximate surface area is 119 Å². The summed E-state index contributed by atoms with van der Waals surface area (Å²) in [4.78, 5) is 35.4. The Hall–Kier alpha value is -2.02. The summed E-state index contributed by atoms with van der Waals surface area (Å²) in [5.41, 5.74) is 0.534. The van der Waals surface area contributed by atoms with Gasteiger partial charge in [-0.05, 0) is 11.6 Å². The molecular weight excluding hydrogens is 282 g/mol. The van der Waals surface area contributed by atoms with E-state index < -0.39 is 23.4 Å². The van der Waals surface area contributed by atoms with Crippen molar-refractivity contribution in [2.45, 2.75) is 18.3 Å². The molecule has 0 bridgehead atoms. The number of nitrogens with zero attached hydrogens (tertiary/aromatic N) is 1. The molecule has 1 aliphatic rings. The zero-order valence-electron chi connectivity index (χ0n) is 10.6. The van der Waals surface area contributed by atoms with E-state index in [2.05, 4.69) is 0 Å². The molecule has 0 saturated carbocycles. The van der Waals surface area contributed by atoms with Crippen LogP contribution < -0.4 is 0 Å². The second-order valence-electron chi connectivity index (χ2n) is 4.36. The summed E-state index contributed by atoms with van der Waals surface area (Å²) in [6, 6.07) is 5.41. The van der Waals surface area contributed by atoms with Gasteiger partial charge in [-0.3, -0.25) is 4.79 Å². The number of hydrogen-bond acceptors (Lipinski definition) is 4. The van der Waals surface area contributed by atoms with Crippen LogP contribution in [0, 0.1) is 0 Å². The van der Waals surface area contributed by atoms with Gasteiger partial charge in [-0.1, -0.05) is 18.2 Å². The van der Waals surface area contributed by atoms with Crippen LogP contribution in [0.1, 0.15) is 28.2 Å². The van der Waals surface area contributed by atoms with Crippen LogP contribution in [-0.4, -0.2) is 44.8 Å². The minimum absolute atomic E-state index is 0.0855. The summed E-state index contributed by atoms with van der Waals surface area (Å²) < 4.78 is 0. The van der Waals surface area contributed by atoms with E-state index in [4.69, 9.17) is 5.11 Å². The number of carboxylic acid groups (broad SMARTS) is 2. The Bertz CT molecular complexity index is 574. The minimum atomic E-state index is -1.09. The molecule has 0 radical (unpaired) electrons. The van der Waals surface area contributed by atoms with Crippen LogP contribution in [-0.2, 0) is 9.59 Å². The number of hydrogen-bond donors (Lipinski definition) is 2. The normalized spacial score (nSPS) is 21.8. The van der Waals surface area contributed by atoms with Gasteiger partial charge in [-0.2, -0.15) is 0 Å². The average molecular weight is 295 g/mol. The Morgan fingerprint density at radius 1 is 1.25 bits per heavy atom. The molecule has 1 aliphatic heterocycles. The molecule has 106 valence electrons. The van der Waals surface area contributed by atoms with E-state index >= 15 is 0 Å². The van der Waals surface area contributed by atoms with Gasteiger partial charge in [0.1, 0.15) is 11.4 Å². The zero-order chi connectivity index (χ0) is 14.9. The number of carbonyl (C=O) groups is 3. The van der Waals surface area contributed by atoms with Crippen LogP contribution in [0.15, 0.2) is 24.3 Å². The van der Waals surface area contributed by atoms with Gasteiger partial charge in [0.2, 0.25) is 5.91 Å². The molecule has 2 unspecified atom stereocenters. The number of carboxylic acids is 2. The number of benzene rings is 1. The molecule has 1 aromatic carbocycles. The number of thioether (sulfide) groups is 1. The quantitative estimate of drug-likeness (QED) is 0.876. The van der Waals surface area contributed by atoms with Crippen molar-refractivity contribution in [1.82, 2.24) is 4.90 Å². The lowest BCUT2D eigenvalue weighted by Gasteiger charge is -2.27. The van der Waals surface area contributed by atoms with Gasteiger partial charge in [-0.25, -0.2) is 9.59 Å². The number of aromatic carboxylic acids is 1. The summed E-state index contributed by atoms with van der Waals surface area (Å²) in [6.07, 6.45) is 0. The fraction of sp³-hybridized carbons (Fsp3) is 0.308. The molecular formula is C13H13NO5S. The predicted molar refractivity (Wildman–Crippen MR) is 72.5 cm³/mol. The van der Waals surface area contributed by atoms with Crippen molar-refractivity contribution < 1.29 is 24.6 Å². The summed E-state index contributed by atoms with van der Waals surface area (Å²) in [5, 5.41) is 17.8. The van der Waals surface area contributed by atoms with Gasteiger partial charge in [0.25, 0.3) is 0 Å². The van der Waals surface area contributed by atoms with Gasteiger partial charge in [-0.15, -0.1) is 11.8 Å². The second-order valence-corrected chi connectivity index (χ2v) is 5.47. The maximum absolute atomic E-state index is 11.7. The largest absolute Gasteiger partial charge is 0.480 e. The van der Waals surface area contributed by atoms with Gasteiger partial charge in [0.05, 0.1) is 5.56 Å². The summed E-state index contributed by atoms with van der Waals surface area (Å²) >= 11 is 1.26. The topological polar surface area (TPSA) is 94.9 Å². The van der Waals surface area contributed by atoms with Crippen molar-refractivity contribution in [2.24, 2.45) is 0 Å². The maximum atomic E-state index is 11.7. The van der Waals surface area contributed by atoms with Crippen molar-refractivity contribution in [3.8, 4) is 0 Å². The van der Waals surface area contributed by atoms with Crippen LogP contribution in [0.2, 0.25) is 0 Å². The van der Waals surface area contributed by atoms with E-state index in [9.17, 15) is 19.5 Å². The lowest BCUT2D eigenvalue weighted by Crippen LogP contribution is -2.42. The highest BCUT2D eigenvalue weighted by atomic mass is 32.2.